The molecule has 1 heterocycles. The molecule has 0 spiro atoms. The van der Waals surface area contributed by atoms with Gasteiger partial charge in [0.15, 0.2) is 5.96 Å². The molecule has 2 N–H and O–H groups in total. The van der Waals surface area contributed by atoms with Crippen molar-refractivity contribution in [3.05, 3.63) is 52.3 Å². The van der Waals surface area contributed by atoms with E-state index in [4.69, 9.17) is 4.99 Å². The van der Waals surface area contributed by atoms with Gasteiger partial charge in [-0.2, -0.15) is 5.10 Å². The van der Waals surface area contributed by atoms with E-state index in [1.54, 1.807) is 0 Å². The smallest absolute Gasteiger partial charge is 0.191 e. The topological polar surface area (TPSA) is 57.5 Å². The van der Waals surface area contributed by atoms with E-state index >= 15 is 0 Å². The predicted octanol–water partition coefficient (Wildman–Crippen LogP) is 3.75. The Balaban J connectivity index is 0.00000420. The maximum atomic E-state index is 4.83. The molecule has 162 valence electrons. The standard InChI is InChI=1S/C22H36N6.HI/c1-7-23-22(25-15-21-17(4)26-27(6)18(21)5)24-14-19-12-10-11-13-20(19)16-28(8-2)9-3;/h10-13H,7-9,14-16H2,1-6H3,(H2,23,24,25);1H. The summed E-state index contributed by atoms with van der Waals surface area (Å²) in [7, 11) is 1.98. The molecule has 0 amide bonds. The molecule has 0 saturated heterocycles. The van der Waals surface area contributed by atoms with Gasteiger partial charge in [-0.1, -0.05) is 38.1 Å². The van der Waals surface area contributed by atoms with E-state index in [-0.39, 0.29) is 24.0 Å². The van der Waals surface area contributed by atoms with Crippen LogP contribution in [0, 0.1) is 13.8 Å². The Hall–Kier alpha value is -1.61. The Morgan fingerprint density at radius 2 is 1.72 bits per heavy atom. The van der Waals surface area contributed by atoms with Gasteiger partial charge < -0.3 is 10.6 Å². The molecule has 0 aliphatic carbocycles. The number of aliphatic imine (C=N–C) groups is 1. The largest absolute Gasteiger partial charge is 0.357 e. The van der Waals surface area contributed by atoms with Crippen molar-refractivity contribution in [3.8, 4) is 0 Å². The molecule has 0 aliphatic heterocycles. The number of nitrogens with one attached hydrogen (secondary N) is 2. The molecule has 1 aromatic carbocycles. The number of halogens is 1. The van der Waals surface area contributed by atoms with Gasteiger partial charge in [0, 0.05) is 37.9 Å². The average Bonchev–Trinajstić information content (AvgIpc) is 2.94. The summed E-state index contributed by atoms with van der Waals surface area (Å²) in [6.07, 6.45) is 0. The number of nitrogens with zero attached hydrogens (tertiary/aromatic N) is 4. The molecule has 7 heteroatoms. The summed E-state index contributed by atoms with van der Waals surface area (Å²) in [5, 5.41) is 11.3. The van der Waals surface area contributed by atoms with E-state index in [0.29, 0.717) is 6.54 Å². The first-order valence-electron chi connectivity index (χ1n) is 10.3. The highest BCUT2D eigenvalue weighted by Crippen LogP contribution is 2.14. The van der Waals surface area contributed by atoms with Crippen LogP contribution in [0.3, 0.4) is 0 Å². The van der Waals surface area contributed by atoms with Gasteiger partial charge in [-0.05, 0) is 45.0 Å². The molecule has 29 heavy (non-hydrogen) atoms. The lowest BCUT2D eigenvalue weighted by Crippen LogP contribution is -2.37. The number of hydrogen-bond acceptors (Lipinski definition) is 3. The van der Waals surface area contributed by atoms with Crippen molar-refractivity contribution in [1.82, 2.24) is 25.3 Å². The monoisotopic (exact) mass is 512 g/mol. The summed E-state index contributed by atoms with van der Waals surface area (Å²) in [6, 6.07) is 8.61. The molecule has 2 aromatic rings. The zero-order valence-electron chi connectivity index (χ0n) is 18.7. The van der Waals surface area contributed by atoms with Gasteiger partial charge in [0.25, 0.3) is 0 Å². The highest BCUT2D eigenvalue weighted by molar-refractivity contribution is 14.0. The molecule has 0 fully saturated rings. The van der Waals surface area contributed by atoms with Gasteiger partial charge >= 0.3 is 0 Å². The van der Waals surface area contributed by atoms with Crippen LogP contribution in [0.25, 0.3) is 0 Å². The Bertz CT molecular complexity index is 780. The van der Waals surface area contributed by atoms with E-state index in [0.717, 1.165) is 44.4 Å². The minimum absolute atomic E-state index is 0. The molecular weight excluding hydrogens is 475 g/mol. The minimum atomic E-state index is 0. The van der Waals surface area contributed by atoms with Crippen LogP contribution in [0.5, 0.6) is 0 Å². The third-order valence-electron chi connectivity index (χ3n) is 5.25. The zero-order chi connectivity index (χ0) is 20.5. The highest BCUT2D eigenvalue weighted by Gasteiger charge is 2.10. The summed E-state index contributed by atoms with van der Waals surface area (Å²) in [4.78, 5) is 7.26. The molecule has 2 rings (SSSR count). The van der Waals surface area contributed by atoms with E-state index in [9.17, 15) is 0 Å². The molecule has 0 radical (unpaired) electrons. The summed E-state index contributed by atoms with van der Waals surface area (Å²) < 4.78 is 1.93. The Labute approximate surface area is 193 Å². The van der Waals surface area contributed by atoms with Gasteiger partial charge in [-0.3, -0.25) is 9.58 Å². The van der Waals surface area contributed by atoms with Crippen LogP contribution in [0.4, 0.5) is 0 Å². The Kier molecular flexibility index (Phi) is 11.3. The van der Waals surface area contributed by atoms with Crippen LogP contribution < -0.4 is 10.6 Å². The van der Waals surface area contributed by atoms with Crippen LogP contribution in [0.2, 0.25) is 0 Å². The SMILES string of the molecule is CCNC(=NCc1ccccc1CN(CC)CC)NCc1c(C)nn(C)c1C.I. The van der Waals surface area contributed by atoms with Crippen molar-refractivity contribution in [1.29, 1.82) is 0 Å². The van der Waals surface area contributed by atoms with Crippen molar-refractivity contribution in [2.45, 2.75) is 54.3 Å². The quantitative estimate of drug-likeness (QED) is 0.305. The number of aryl methyl sites for hydroxylation is 2. The summed E-state index contributed by atoms with van der Waals surface area (Å²) in [6.45, 7) is 16.0. The number of hydrogen-bond donors (Lipinski definition) is 2. The number of guanidine groups is 1. The van der Waals surface area contributed by atoms with Crippen molar-refractivity contribution in [3.63, 3.8) is 0 Å². The molecular formula is C22H37IN6. The molecule has 0 unspecified atom stereocenters. The molecule has 0 saturated carbocycles. The van der Waals surface area contributed by atoms with E-state index in [2.05, 4.69) is 79.5 Å². The van der Waals surface area contributed by atoms with E-state index in [1.165, 1.54) is 22.4 Å². The fourth-order valence-corrected chi connectivity index (χ4v) is 3.31. The van der Waals surface area contributed by atoms with Crippen LogP contribution in [-0.4, -0.2) is 40.3 Å². The van der Waals surface area contributed by atoms with Crippen molar-refractivity contribution < 1.29 is 0 Å². The van der Waals surface area contributed by atoms with Gasteiger partial charge in [0.05, 0.1) is 12.2 Å². The van der Waals surface area contributed by atoms with Gasteiger partial charge in [-0.15, -0.1) is 24.0 Å². The third kappa shape index (κ3) is 7.29. The van der Waals surface area contributed by atoms with Gasteiger partial charge in [0.2, 0.25) is 0 Å². The number of benzene rings is 1. The molecule has 0 bridgehead atoms. The van der Waals surface area contributed by atoms with E-state index < -0.39 is 0 Å². The fourth-order valence-electron chi connectivity index (χ4n) is 3.31. The van der Waals surface area contributed by atoms with Crippen LogP contribution >= 0.6 is 24.0 Å². The van der Waals surface area contributed by atoms with Gasteiger partial charge in [-0.25, -0.2) is 4.99 Å². The molecule has 1 aromatic heterocycles. The summed E-state index contributed by atoms with van der Waals surface area (Å²) in [5.74, 6) is 0.836. The fraction of sp³-hybridized carbons (Fsp3) is 0.545. The Morgan fingerprint density at radius 3 is 2.28 bits per heavy atom. The molecule has 0 aliphatic rings. The summed E-state index contributed by atoms with van der Waals surface area (Å²) >= 11 is 0. The first-order chi connectivity index (χ1) is 13.5. The van der Waals surface area contributed by atoms with Gasteiger partial charge in [0.1, 0.15) is 0 Å². The second kappa shape index (κ2) is 12.8. The Morgan fingerprint density at radius 1 is 1.07 bits per heavy atom. The lowest BCUT2D eigenvalue weighted by atomic mass is 10.1. The lowest BCUT2D eigenvalue weighted by molar-refractivity contribution is 0.295. The minimum Gasteiger partial charge on any atom is -0.357 e. The first kappa shape index (κ1) is 25.4. The molecule has 0 atom stereocenters. The van der Waals surface area contributed by atoms with Crippen molar-refractivity contribution >= 4 is 29.9 Å². The average molecular weight is 512 g/mol. The maximum Gasteiger partial charge on any atom is 0.191 e. The predicted molar refractivity (Wildman–Crippen MR) is 133 cm³/mol. The first-order valence-corrected chi connectivity index (χ1v) is 10.3. The highest BCUT2D eigenvalue weighted by atomic mass is 127. The molecule has 6 nitrogen and oxygen atoms in total. The van der Waals surface area contributed by atoms with Crippen molar-refractivity contribution in [2.24, 2.45) is 12.0 Å². The zero-order valence-corrected chi connectivity index (χ0v) is 21.1. The second-order valence-electron chi connectivity index (χ2n) is 7.05. The normalized spacial score (nSPS) is 11.5. The number of rotatable bonds is 9. The third-order valence-corrected chi connectivity index (χ3v) is 5.25. The van der Waals surface area contributed by atoms with Crippen LogP contribution in [-0.2, 0) is 26.7 Å². The van der Waals surface area contributed by atoms with Crippen molar-refractivity contribution in [2.75, 3.05) is 19.6 Å². The van der Waals surface area contributed by atoms with Crippen LogP contribution in [0.15, 0.2) is 29.3 Å². The summed E-state index contributed by atoms with van der Waals surface area (Å²) in [5.41, 5.74) is 6.11. The number of aromatic nitrogens is 2. The lowest BCUT2D eigenvalue weighted by Gasteiger charge is -2.20. The van der Waals surface area contributed by atoms with E-state index in [1.807, 2.05) is 11.7 Å². The van der Waals surface area contributed by atoms with Crippen LogP contribution in [0.1, 0.15) is 48.8 Å². The second-order valence-corrected chi connectivity index (χ2v) is 7.05. The maximum absolute atomic E-state index is 4.83.